The van der Waals surface area contributed by atoms with Crippen molar-refractivity contribution in [1.29, 1.82) is 0 Å². The van der Waals surface area contributed by atoms with Crippen molar-refractivity contribution < 1.29 is 27.8 Å². The number of halogens is 2. The molecule has 0 aromatic heterocycles. The lowest BCUT2D eigenvalue weighted by Crippen LogP contribution is -2.21. The zero-order valence-corrected chi connectivity index (χ0v) is 13.7. The third-order valence-electron chi connectivity index (χ3n) is 3.00. The van der Waals surface area contributed by atoms with Crippen LogP contribution in [0, 0.1) is 11.6 Å². The first-order valence-corrected chi connectivity index (χ1v) is 7.54. The summed E-state index contributed by atoms with van der Waals surface area (Å²) in [5.41, 5.74) is 0.0505. The molecular weight excluding hydrogens is 332 g/mol. The fourth-order valence-electron chi connectivity index (χ4n) is 1.93. The maximum Gasteiger partial charge on any atom is 0.338 e. The lowest BCUT2D eigenvalue weighted by atomic mass is 10.2. The summed E-state index contributed by atoms with van der Waals surface area (Å²) in [5, 5.41) is 2.20. The first kappa shape index (κ1) is 18.4. The highest BCUT2D eigenvalue weighted by Crippen LogP contribution is 2.16. The number of esters is 1. The van der Waals surface area contributed by atoms with Gasteiger partial charge in [0.25, 0.3) is 5.91 Å². The van der Waals surface area contributed by atoms with Crippen LogP contribution in [0.1, 0.15) is 24.2 Å². The van der Waals surface area contributed by atoms with Crippen molar-refractivity contribution in [3.8, 4) is 5.75 Å². The maximum atomic E-state index is 13.4. The average Bonchev–Trinajstić information content (AvgIpc) is 2.55. The fraction of sp³-hybridized carbons (Fsp3) is 0.222. The van der Waals surface area contributed by atoms with Crippen LogP contribution < -0.4 is 10.1 Å². The molecular formula is C18H17F2NO4. The van der Waals surface area contributed by atoms with Crippen LogP contribution in [0.2, 0.25) is 0 Å². The van der Waals surface area contributed by atoms with Crippen molar-refractivity contribution in [2.24, 2.45) is 0 Å². The smallest absolute Gasteiger partial charge is 0.338 e. The van der Waals surface area contributed by atoms with Gasteiger partial charge in [-0.1, -0.05) is 0 Å². The summed E-state index contributed by atoms with van der Waals surface area (Å²) < 4.78 is 36.5. The molecule has 0 aliphatic heterocycles. The van der Waals surface area contributed by atoms with Crippen molar-refractivity contribution in [3.63, 3.8) is 0 Å². The number of benzene rings is 2. The van der Waals surface area contributed by atoms with Gasteiger partial charge in [-0.15, -0.1) is 0 Å². The van der Waals surface area contributed by atoms with Crippen LogP contribution in [0.15, 0.2) is 42.5 Å². The van der Waals surface area contributed by atoms with Crippen LogP contribution in [0.4, 0.5) is 14.5 Å². The summed E-state index contributed by atoms with van der Waals surface area (Å²) in [5.74, 6) is -2.51. The first-order chi connectivity index (χ1) is 11.8. The molecule has 0 heterocycles. The van der Waals surface area contributed by atoms with E-state index in [0.29, 0.717) is 11.8 Å². The summed E-state index contributed by atoms with van der Waals surface area (Å²) >= 11 is 0. The van der Waals surface area contributed by atoms with Crippen molar-refractivity contribution in [1.82, 2.24) is 0 Å². The zero-order valence-electron chi connectivity index (χ0n) is 13.7. The molecule has 0 aliphatic rings. The maximum absolute atomic E-state index is 13.4. The molecule has 0 atom stereocenters. The number of carbonyl (C=O) groups is 2. The third kappa shape index (κ3) is 5.56. The molecule has 1 N–H and O–H groups in total. The lowest BCUT2D eigenvalue weighted by molar-refractivity contribution is -0.119. The highest BCUT2D eigenvalue weighted by atomic mass is 19.1. The van der Waals surface area contributed by atoms with E-state index in [-0.39, 0.29) is 17.4 Å². The molecule has 2 aromatic rings. The second kappa shape index (κ2) is 8.23. The average molecular weight is 349 g/mol. The molecule has 0 saturated carbocycles. The molecule has 0 bridgehead atoms. The van der Waals surface area contributed by atoms with Crippen LogP contribution in [-0.4, -0.2) is 24.6 Å². The number of hydrogen-bond acceptors (Lipinski definition) is 4. The molecule has 0 spiro atoms. The Balaban J connectivity index is 1.87. The minimum absolute atomic E-state index is 0.00774. The summed E-state index contributed by atoms with van der Waals surface area (Å²) in [6.45, 7) is 3.16. The second-order valence-electron chi connectivity index (χ2n) is 5.44. The topological polar surface area (TPSA) is 64.6 Å². The zero-order chi connectivity index (χ0) is 18.4. The monoisotopic (exact) mass is 349 g/mol. The first-order valence-electron chi connectivity index (χ1n) is 7.54. The van der Waals surface area contributed by atoms with E-state index in [1.165, 1.54) is 12.1 Å². The van der Waals surface area contributed by atoms with Crippen LogP contribution in [-0.2, 0) is 9.53 Å². The summed E-state index contributed by atoms with van der Waals surface area (Å²) in [7, 11) is 0. The molecule has 0 saturated heterocycles. The summed E-state index contributed by atoms with van der Waals surface area (Å²) in [6.07, 6.45) is 0.00774. The quantitative estimate of drug-likeness (QED) is 0.810. The number of hydrogen-bond donors (Lipinski definition) is 1. The van der Waals surface area contributed by atoms with Crippen molar-refractivity contribution in [2.45, 2.75) is 20.0 Å². The number of rotatable bonds is 6. The molecule has 2 rings (SSSR count). The van der Waals surface area contributed by atoms with Gasteiger partial charge in [0.05, 0.1) is 17.4 Å². The predicted octanol–water partition coefficient (Wildman–Crippen LogP) is 3.55. The minimum Gasteiger partial charge on any atom is -0.491 e. The van der Waals surface area contributed by atoms with Gasteiger partial charge in [0.1, 0.15) is 17.4 Å². The molecule has 25 heavy (non-hydrogen) atoms. The van der Waals surface area contributed by atoms with Crippen molar-refractivity contribution in [2.75, 3.05) is 11.9 Å². The number of anilines is 1. The lowest BCUT2D eigenvalue weighted by Gasteiger charge is -2.10. The Hall–Kier alpha value is -2.96. The van der Waals surface area contributed by atoms with E-state index in [9.17, 15) is 18.4 Å². The number of ether oxygens (including phenoxy) is 2. The van der Waals surface area contributed by atoms with E-state index in [1.54, 1.807) is 12.1 Å². The van der Waals surface area contributed by atoms with Gasteiger partial charge in [0.2, 0.25) is 0 Å². The van der Waals surface area contributed by atoms with Crippen molar-refractivity contribution in [3.05, 3.63) is 59.7 Å². The molecule has 7 heteroatoms. The Kier molecular flexibility index (Phi) is 6.05. The van der Waals surface area contributed by atoms with Gasteiger partial charge in [-0.3, -0.25) is 4.79 Å². The van der Waals surface area contributed by atoms with Gasteiger partial charge >= 0.3 is 5.97 Å². The Labute approximate surface area is 143 Å². The van der Waals surface area contributed by atoms with Gasteiger partial charge in [-0.2, -0.15) is 0 Å². The van der Waals surface area contributed by atoms with Gasteiger partial charge in [0.15, 0.2) is 6.61 Å². The number of carbonyl (C=O) groups excluding carboxylic acids is 2. The van der Waals surface area contributed by atoms with E-state index >= 15 is 0 Å². The fourth-order valence-corrected chi connectivity index (χ4v) is 1.93. The van der Waals surface area contributed by atoms with E-state index in [0.717, 1.165) is 12.1 Å². The van der Waals surface area contributed by atoms with Crippen LogP contribution in [0.5, 0.6) is 5.75 Å². The Morgan fingerprint density at radius 2 is 1.76 bits per heavy atom. The molecule has 132 valence electrons. The van der Waals surface area contributed by atoms with Crippen LogP contribution >= 0.6 is 0 Å². The van der Waals surface area contributed by atoms with E-state index in [1.807, 2.05) is 13.8 Å². The Morgan fingerprint density at radius 3 is 2.36 bits per heavy atom. The highest BCUT2D eigenvalue weighted by molar-refractivity contribution is 5.95. The number of amides is 1. The Bertz CT molecular complexity index is 760. The van der Waals surface area contributed by atoms with Gasteiger partial charge < -0.3 is 14.8 Å². The van der Waals surface area contributed by atoms with Crippen LogP contribution in [0.3, 0.4) is 0 Å². The standard InChI is InChI=1S/C18H17F2NO4/c1-11(2)25-14-6-3-12(4-7-14)18(23)24-10-17(22)21-16-8-5-13(19)9-15(16)20/h3-9,11H,10H2,1-2H3,(H,21,22). The normalized spacial score (nSPS) is 10.4. The molecule has 0 fully saturated rings. The molecule has 0 unspecified atom stereocenters. The van der Waals surface area contributed by atoms with E-state index in [4.69, 9.17) is 9.47 Å². The second-order valence-corrected chi connectivity index (χ2v) is 5.44. The highest BCUT2D eigenvalue weighted by Gasteiger charge is 2.12. The summed E-state index contributed by atoms with van der Waals surface area (Å²) in [6, 6.07) is 8.98. The minimum atomic E-state index is -0.916. The third-order valence-corrected chi connectivity index (χ3v) is 3.00. The van der Waals surface area contributed by atoms with Gasteiger partial charge in [-0.05, 0) is 50.2 Å². The molecule has 1 amide bonds. The summed E-state index contributed by atoms with van der Waals surface area (Å²) in [4.78, 5) is 23.6. The molecule has 0 aliphatic carbocycles. The molecule has 0 radical (unpaired) electrons. The van der Waals surface area contributed by atoms with Gasteiger partial charge in [0, 0.05) is 6.07 Å². The van der Waals surface area contributed by atoms with E-state index < -0.39 is 30.1 Å². The Morgan fingerprint density at radius 1 is 1.08 bits per heavy atom. The molecule has 5 nitrogen and oxygen atoms in total. The number of nitrogens with one attached hydrogen (secondary N) is 1. The van der Waals surface area contributed by atoms with Gasteiger partial charge in [-0.25, -0.2) is 13.6 Å². The largest absolute Gasteiger partial charge is 0.491 e. The van der Waals surface area contributed by atoms with Crippen molar-refractivity contribution >= 4 is 17.6 Å². The SMILES string of the molecule is CC(C)Oc1ccc(C(=O)OCC(=O)Nc2ccc(F)cc2F)cc1. The van der Waals surface area contributed by atoms with Crippen LogP contribution in [0.25, 0.3) is 0 Å². The van der Waals surface area contributed by atoms with E-state index in [2.05, 4.69) is 5.32 Å². The molecule has 2 aromatic carbocycles. The predicted molar refractivity (Wildman–Crippen MR) is 87.5 cm³/mol.